The number of amides is 2. The van der Waals surface area contributed by atoms with Gasteiger partial charge in [-0.1, -0.05) is 46.9 Å². The van der Waals surface area contributed by atoms with Crippen molar-refractivity contribution in [2.75, 3.05) is 11.1 Å². The van der Waals surface area contributed by atoms with Crippen molar-refractivity contribution in [3.63, 3.8) is 0 Å². The molecule has 0 spiro atoms. The van der Waals surface area contributed by atoms with E-state index in [0.29, 0.717) is 14.3 Å². The van der Waals surface area contributed by atoms with E-state index in [1.807, 2.05) is 26.0 Å². The van der Waals surface area contributed by atoms with Gasteiger partial charge in [0.05, 0.1) is 10.6 Å². The summed E-state index contributed by atoms with van der Waals surface area (Å²) < 4.78 is 0.663. The van der Waals surface area contributed by atoms with Crippen molar-refractivity contribution in [1.82, 2.24) is 15.5 Å². The van der Waals surface area contributed by atoms with E-state index in [2.05, 4.69) is 26.9 Å². The first kappa shape index (κ1) is 18.6. The van der Waals surface area contributed by atoms with E-state index in [4.69, 9.17) is 0 Å². The Balaban J connectivity index is 1.52. The molecule has 2 heterocycles. The molecule has 0 aliphatic carbocycles. The summed E-state index contributed by atoms with van der Waals surface area (Å²) >= 11 is 3.91. The van der Waals surface area contributed by atoms with E-state index in [-0.39, 0.29) is 17.6 Å². The van der Waals surface area contributed by atoms with Crippen LogP contribution in [0.3, 0.4) is 0 Å². The Morgan fingerprint density at radius 2 is 2.04 bits per heavy atom. The van der Waals surface area contributed by atoms with Crippen molar-refractivity contribution in [1.29, 1.82) is 0 Å². The van der Waals surface area contributed by atoms with Crippen molar-refractivity contribution in [3.05, 3.63) is 51.7 Å². The Morgan fingerprint density at radius 1 is 1.19 bits per heavy atom. The van der Waals surface area contributed by atoms with E-state index in [1.54, 1.807) is 17.5 Å². The molecule has 2 N–H and O–H groups in total. The first-order valence-corrected chi connectivity index (χ1v) is 10.4. The first-order valence-electron chi connectivity index (χ1n) is 7.69. The molecular formula is C17H16N4O2S3. The van der Waals surface area contributed by atoms with Crippen molar-refractivity contribution >= 4 is 57.1 Å². The summed E-state index contributed by atoms with van der Waals surface area (Å²) in [6.45, 7) is 4.08. The Kier molecular flexibility index (Phi) is 6.02. The number of imide groups is 1. The minimum Gasteiger partial charge on any atom is -0.330 e. The number of thiophene rings is 1. The van der Waals surface area contributed by atoms with Crippen LogP contribution in [0, 0.1) is 13.8 Å². The molecule has 0 fully saturated rings. The molecule has 0 radical (unpaired) electrons. The Hall–Kier alpha value is -2.23. The number of nitrogens with zero attached hydrogens (tertiary/aromatic N) is 2. The van der Waals surface area contributed by atoms with Crippen LogP contribution in [0.1, 0.15) is 20.8 Å². The number of carbonyl (C=O) groups excluding carboxylic acids is 2. The molecule has 0 aliphatic rings. The molecule has 0 saturated carbocycles. The van der Waals surface area contributed by atoms with Crippen LogP contribution < -0.4 is 10.6 Å². The molecule has 134 valence electrons. The van der Waals surface area contributed by atoms with Crippen molar-refractivity contribution in [3.8, 4) is 0 Å². The summed E-state index contributed by atoms with van der Waals surface area (Å²) in [4.78, 5) is 24.2. The maximum absolute atomic E-state index is 11.9. The summed E-state index contributed by atoms with van der Waals surface area (Å²) in [7, 11) is 0. The molecule has 2 aromatic heterocycles. The quantitative estimate of drug-likeness (QED) is 0.604. The van der Waals surface area contributed by atoms with Crippen molar-refractivity contribution < 1.29 is 9.59 Å². The Morgan fingerprint density at radius 3 is 2.77 bits per heavy atom. The number of thioether (sulfide) groups is 1. The van der Waals surface area contributed by atoms with Crippen molar-refractivity contribution in [2.24, 2.45) is 0 Å². The molecule has 0 bridgehead atoms. The number of benzene rings is 1. The van der Waals surface area contributed by atoms with Crippen LogP contribution in [0.15, 0.2) is 40.1 Å². The number of hydrogen-bond donors (Lipinski definition) is 2. The highest BCUT2D eigenvalue weighted by Gasteiger charge is 2.13. The van der Waals surface area contributed by atoms with Crippen LogP contribution in [0.25, 0.3) is 0 Å². The van der Waals surface area contributed by atoms with E-state index in [9.17, 15) is 9.59 Å². The monoisotopic (exact) mass is 404 g/mol. The molecule has 0 unspecified atom stereocenters. The van der Waals surface area contributed by atoms with Gasteiger partial charge < -0.3 is 5.32 Å². The number of aryl methyl sites for hydroxylation is 2. The van der Waals surface area contributed by atoms with Gasteiger partial charge >= 0.3 is 0 Å². The zero-order chi connectivity index (χ0) is 18.5. The summed E-state index contributed by atoms with van der Waals surface area (Å²) in [5.74, 6) is -0.623. The van der Waals surface area contributed by atoms with Gasteiger partial charge in [-0.15, -0.1) is 21.5 Å². The average molecular weight is 405 g/mol. The summed E-state index contributed by atoms with van der Waals surface area (Å²) in [5.41, 5.74) is 3.30. The maximum atomic E-state index is 11.9. The van der Waals surface area contributed by atoms with Gasteiger partial charge in [-0.3, -0.25) is 14.9 Å². The lowest BCUT2D eigenvalue weighted by atomic mass is 10.1. The van der Waals surface area contributed by atoms with Crippen LogP contribution in [-0.2, 0) is 4.79 Å². The summed E-state index contributed by atoms with van der Waals surface area (Å²) in [6.07, 6.45) is 0. The highest BCUT2D eigenvalue weighted by molar-refractivity contribution is 8.01. The number of anilines is 2. The van der Waals surface area contributed by atoms with Gasteiger partial charge in [0.2, 0.25) is 11.0 Å². The van der Waals surface area contributed by atoms with E-state index >= 15 is 0 Å². The largest absolute Gasteiger partial charge is 0.330 e. The highest BCUT2D eigenvalue weighted by atomic mass is 32.2. The van der Waals surface area contributed by atoms with Crippen LogP contribution in [0.4, 0.5) is 10.8 Å². The molecule has 26 heavy (non-hydrogen) atoms. The topological polar surface area (TPSA) is 84.0 Å². The number of carbonyl (C=O) groups is 2. The molecule has 3 rings (SSSR count). The second kappa shape index (κ2) is 8.43. The van der Waals surface area contributed by atoms with Gasteiger partial charge in [0.1, 0.15) is 0 Å². The standard InChI is InChI=1S/C17H16N4O2S3/c1-10-5-6-12(11(2)8-10)18-16-20-21-17(26-16)25-9-14(22)19-15(23)13-4-3-7-24-13/h3-8H,9H2,1-2H3,(H,18,20)(H,19,22,23). The third-order valence-electron chi connectivity index (χ3n) is 3.35. The predicted octanol–water partition coefficient (Wildman–Crippen LogP) is 4.01. The van der Waals surface area contributed by atoms with Gasteiger partial charge in [-0.05, 0) is 36.9 Å². The molecule has 1 aromatic carbocycles. The van der Waals surface area contributed by atoms with E-state index < -0.39 is 0 Å². The molecule has 0 aliphatic heterocycles. The number of nitrogens with one attached hydrogen (secondary N) is 2. The van der Waals surface area contributed by atoms with E-state index in [0.717, 1.165) is 11.3 Å². The molecule has 9 heteroatoms. The summed E-state index contributed by atoms with van der Waals surface area (Å²) in [6, 6.07) is 9.57. The zero-order valence-electron chi connectivity index (χ0n) is 14.1. The fourth-order valence-electron chi connectivity index (χ4n) is 2.15. The fraction of sp³-hybridized carbons (Fsp3) is 0.176. The second-order valence-corrected chi connectivity index (χ2v) is 8.61. The molecular weight excluding hydrogens is 388 g/mol. The minimum absolute atomic E-state index is 0.106. The van der Waals surface area contributed by atoms with Crippen LogP contribution in [0.2, 0.25) is 0 Å². The second-order valence-electron chi connectivity index (χ2n) is 5.46. The SMILES string of the molecule is Cc1ccc(Nc2nnc(SCC(=O)NC(=O)c3cccs3)s2)c(C)c1. The van der Waals surface area contributed by atoms with Crippen molar-refractivity contribution in [2.45, 2.75) is 18.2 Å². The molecule has 6 nitrogen and oxygen atoms in total. The zero-order valence-corrected chi connectivity index (χ0v) is 16.6. The van der Waals surface area contributed by atoms with Gasteiger partial charge in [0.15, 0.2) is 4.34 Å². The lowest BCUT2D eigenvalue weighted by Crippen LogP contribution is -2.31. The summed E-state index contributed by atoms with van der Waals surface area (Å²) in [5, 5.41) is 16.2. The third-order valence-corrected chi connectivity index (χ3v) is 6.20. The molecule has 2 amide bonds. The first-order chi connectivity index (χ1) is 12.5. The van der Waals surface area contributed by atoms with Gasteiger partial charge in [-0.2, -0.15) is 0 Å². The van der Waals surface area contributed by atoms with Crippen LogP contribution in [-0.4, -0.2) is 27.8 Å². The third kappa shape index (κ3) is 4.90. The molecule has 0 atom stereocenters. The lowest BCUT2D eigenvalue weighted by Gasteiger charge is -2.06. The maximum Gasteiger partial charge on any atom is 0.267 e. The number of hydrogen-bond acceptors (Lipinski definition) is 8. The smallest absolute Gasteiger partial charge is 0.267 e. The van der Waals surface area contributed by atoms with Crippen LogP contribution >= 0.6 is 34.4 Å². The average Bonchev–Trinajstić information content (AvgIpc) is 3.27. The van der Waals surface area contributed by atoms with Gasteiger partial charge in [0, 0.05) is 5.69 Å². The van der Waals surface area contributed by atoms with E-state index in [1.165, 1.54) is 40.0 Å². The lowest BCUT2D eigenvalue weighted by molar-refractivity contribution is -0.117. The molecule has 3 aromatic rings. The Bertz CT molecular complexity index is 922. The van der Waals surface area contributed by atoms with Gasteiger partial charge in [0.25, 0.3) is 5.91 Å². The molecule has 0 saturated heterocycles. The highest BCUT2D eigenvalue weighted by Crippen LogP contribution is 2.28. The van der Waals surface area contributed by atoms with Gasteiger partial charge in [-0.25, -0.2) is 0 Å². The normalized spacial score (nSPS) is 10.5. The fourth-order valence-corrected chi connectivity index (χ4v) is 4.33. The minimum atomic E-state index is -0.375. The Labute approximate surface area is 163 Å². The number of rotatable bonds is 6. The predicted molar refractivity (Wildman–Crippen MR) is 107 cm³/mol. The van der Waals surface area contributed by atoms with Crippen LogP contribution in [0.5, 0.6) is 0 Å². The number of aromatic nitrogens is 2.